The minimum absolute atomic E-state index is 0.178. The summed E-state index contributed by atoms with van der Waals surface area (Å²) in [6.45, 7) is 0. The Hall–Kier alpha value is -6.05. The zero-order valence-corrected chi connectivity index (χ0v) is 27.9. The number of nitrogens with zero attached hydrogens (tertiary/aromatic N) is 3. The third kappa shape index (κ3) is 5.85. The van der Waals surface area contributed by atoms with E-state index in [-0.39, 0.29) is 6.04 Å². The summed E-state index contributed by atoms with van der Waals surface area (Å²) in [5.41, 5.74) is 10.1. The molecule has 8 rings (SSSR count). The van der Waals surface area contributed by atoms with Gasteiger partial charge in [0.15, 0.2) is 0 Å². The number of anilines is 2. The Kier molecular flexibility index (Phi) is 7.95. The number of aliphatic imine (C=N–C) groups is 1. The predicted octanol–water partition coefficient (Wildman–Crippen LogP) is 10.7. The molecule has 0 bridgehead atoms. The first-order chi connectivity index (χ1) is 24.1. The van der Waals surface area contributed by atoms with Gasteiger partial charge in [0.2, 0.25) is 0 Å². The van der Waals surface area contributed by atoms with Gasteiger partial charge < -0.3 is 10.6 Å². The molecule has 6 aromatic carbocycles. The van der Waals surface area contributed by atoms with Crippen LogP contribution in [0.2, 0.25) is 0 Å². The highest BCUT2D eigenvalue weighted by atomic mass is 32.1. The maximum Gasteiger partial charge on any atom is 0.133 e. The molecule has 6 nitrogen and oxygen atoms in total. The van der Waals surface area contributed by atoms with E-state index in [2.05, 4.69) is 131 Å². The van der Waals surface area contributed by atoms with Crippen LogP contribution in [0.1, 0.15) is 22.7 Å². The van der Waals surface area contributed by atoms with Crippen LogP contribution in [-0.4, -0.2) is 19.9 Å². The van der Waals surface area contributed by atoms with Crippen LogP contribution in [0, 0.1) is 4.91 Å². The van der Waals surface area contributed by atoms with Crippen molar-refractivity contribution in [3.63, 3.8) is 0 Å². The minimum atomic E-state index is -0.178. The van der Waals surface area contributed by atoms with Crippen LogP contribution >= 0.6 is 11.3 Å². The average molecular weight is 656 g/mol. The number of nitroso groups, excluding NO2 is 1. The van der Waals surface area contributed by atoms with Crippen LogP contribution in [-0.2, 0) is 0 Å². The second kappa shape index (κ2) is 12.9. The third-order valence-corrected chi connectivity index (χ3v) is 10.2. The fourth-order valence-corrected chi connectivity index (χ4v) is 7.64. The number of hydrogen-bond donors (Lipinski definition) is 2. The summed E-state index contributed by atoms with van der Waals surface area (Å²) in [4.78, 5) is 16.6. The number of rotatable bonds is 8. The average Bonchev–Trinajstić information content (AvgIpc) is 3.55. The van der Waals surface area contributed by atoms with Crippen LogP contribution in [0.15, 0.2) is 156 Å². The van der Waals surface area contributed by atoms with Gasteiger partial charge in [-0.2, -0.15) is 0 Å². The Morgan fingerprint density at radius 3 is 2.16 bits per heavy atom. The second-order valence-electron chi connectivity index (χ2n) is 12.1. The SMILES string of the molecule is CNc1ccc(-c2cccc(C3=CC(c4ccc(-c5ccc6c(c5)sc5ccccc56)cc4)N=C(c4ccccc4)N3)c2)cc1N(C)N=O. The van der Waals surface area contributed by atoms with Crippen molar-refractivity contribution >= 4 is 54.4 Å². The van der Waals surface area contributed by atoms with Gasteiger partial charge in [0.1, 0.15) is 5.84 Å². The molecule has 1 unspecified atom stereocenters. The fraction of sp³-hybridized carbons (Fsp3) is 0.0714. The number of fused-ring (bicyclic) bond motifs is 3. The molecule has 1 aliphatic rings. The molecule has 7 aromatic rings. The van der Waals surface area contributed by atoms with Crippen molar-refractivity contribution < 1.29 is 0 Å². The Morgan fingerprint density at radius 2 is 1.35 bits per heavy atom. The molecule has 49 heavy (non-hydrogen) atoms. The van der Waals surface area contributed by atoms with Gasteiger partial charge in [0, 0.05) is 45.5 Å². The number of thiophene rings is 1. The molecule has 0 fully saturated rings. The normalized spacial score (nSPS) is 14.2. The monoisotopic (exact) mass is 655 g/mol. The topological polar surface area (TPSA) is 69.1 Å². The quantitative estimate of drug-likeness (QED) is 0.126. The molecule has 0 radical (unpaired) electrons. The van der Waals surface area contributed by atoms with E-state index < -0.39 is 0 Å². The van der Waals surface area contributed by atoms with E-state index in [0.29, 0.717) is 5.69 Å². The number of nitrogens with one attached hydrogen (secondary N) is 2. The van der Waals surface area contributed by atoms with Gasteiger partial charge in [-0.15, -0.1) is 16.2 Å². The molecule has 1 aliphatic heterocycles. The first-order valence-electron chi connectivity index (χ1n) is 16.2. The van der Waals surface area contributed by atoms with Gasteiger partial charge in [-0.25, -0.2) is 5.01 Å². The molecule has 0 spiro atoms. The molecule has 0 amide bonds. The molecule has 0 aliphatic carbocycles. The van der Waals surface area contributed by atoms with E-state index in [1.165, 1.54) is 36.3 Å². The Labute approximate surface area is 289 Å². The largest absolute Gasteiger partial charge is 0.386 e. The van der Waals surface area contributed by atoms with Crippen molar-refractivity contribution in [3.8, 4) is 22.3 Å². The molecule has 2 heterocycles. The smallest absolute Gasteiger partial charge is 0.133 e. The van der Waals surface area contributed by atoms with E-state index in [4.69, 9.17) is 4.99 Å². The summed E-state index contributed by atoms with van der Waals surface area (Å²) >= 11 is 1.84. The van der Waals surface area contributed by atoms with Crippen LogP contribution in [0.4, 0.5) is 11.4 Å². The van der Waals surface area contributed by atoms with Crippen LogP contribution < -0.4 is 15.6 Å². The van der Waals surface area contributed by atoms with E-state index in [0.717, 1.165) is 45.0 Å². The Balaban J connectivity index is 1.14. The highest BCUT2D eigenvalue weighted by Gasteiger charge is 2.20. The molecule has 1 aromatic heterocycles. The number of amidine groups is 1. The maximum absolute atomic E-state index is 11.4. The van der Waals surface area contributed by atoms with Gasteiger partial charge in [0.25, 0.3) is 0 Å². The molecule has 7 heteroatoms. The molecule has 2 N–H and O–H groups in total. The van der Waals surface area contributed by atoms with E-state index in [9.17, 15) is 4.91 Å². The van der Waals surface area contributed by atoms with Crippen LogP contribution in [0.5, 0.6) is 0 Å². The number of benzene rings is 6. The zero-order valence-electron chi connectivity index (χ0n) is 27.1. The lowest BCUT2D eigenvalue weighted by Gasteiger charge is -2.24. The lowest BCUT2D eigenvalue weighted by Crippen LogP contribution is -2.27. The molecule has 0 saturated carbocycles. The molecule has 1 atom stereocenters. The summed E-state index contributed by atoms with van der Waals surface area (Å²) in [6.07, 6.45) is 2.20. The lowest BCUT2D eigenvalue weighted by atomic mass is 9.96. The first-order valence-corrected chi connectivity index (χ1v) is 17.0. The highest BCUT2D eigenvalue weighted by Crippen LogP contribution is 2.37. The van der Waals surface area contributed by atoms with Crippen LogP contribution in [0.25, 0.3) is 48.1 Å². The van der Waals surface area contributed by atoms with Gasteiger partial charge in [-0.05, 0) is 69.8 Å². The van der Waals surface area contributed by atoms with Gasteiger partial charge in [0.05, 0.1) is 22.7 Å². The summed E-state index contributed by atoms with van der Waals surface area (Å²) in [5, 5.41) is 13.9. The van der Waals surface area contributed by atoms with E-state index in [1.807, 2.05) is 48.7 Å². The van der Waals surface area contributed by atoms with Crippen molar-refractivity contribution in [1.29, 1.82) is 0 Å². The highest BCUT2D eigenvalue weighted by molar-refractivity contribution is 7.25. The predicted molar refractivity (Wildman–Crippen MR) is 207 cm³/mol. The van der Waals surface area contributed by atoms with Gasteiger partial charge in [-0.3, -0.25) is 4.99 Å². The Morgan fingerprint density at radius 1 is 0.673 bits per heavy atom. The lowest BCUT2D eigenvalue weighted by molar-refractivity contribution is 0.880. The van der Waals surface area contributed by atoms with E-state index in [1.54, 1.807) is 7.05 Å². The molecular weight excluding hydrogens is 623 g/mol. The third-order valence-electron chi connectivity index (χ3n) is 9.10. The Bertz CT molecular complexity index is 2390. The molecular formula is C42H33N5OS. The minimum Gasteiger partial charge on any atom is -0.386 e. The van der Waals surface area contributed by atoms with E-state index >= 15 is 0 Å². The summed E-state index contributed by atoms with van der Waals surface area (Å²) in [6, 6.07) is 48.7. The van der Waals surface area contributed by atoms with Crippen molar-refractivity contribution in [2.45, 2.75) is 6.04 Å². The molecule has 238 valence electrons. The van der Waals surface area contributed by atoms with Gasteiger partial charge in [-0.1, -0.05) is 109 Å². The van der Waals surface area contributed by atoms with Gasteiger partial charge >= 0.3 is 0 Å². The maximum atomic E-state index is 11.4. The standard InChI is InChI=1S/C42H33N5OS/c1-43-36-22-20-31(24-39(36)47(2)46-48)30-11-8-12-33(23-30)38-26-37(44-42(45-38)29-9-4-3-5-10-29)28-17-15-27(16-18-28)32-19-21-35-34-13-6-7-14-40(34)49-41(35)25-32/h3-26,37,43H,1-2H3,(H,44,45). The number of hydrogen-bond acceptors (Lipinski definition) is 6. The zero-order chi connectivity index (χ0) is 33.3. The van der Waals surface area contributed by atoms with Crippen molar-refractivity contribution in [2.24, 2.45) is 10.3 Å². The van der Waals surface area contributed by atoms with Crippen molar-refractivity contribution in [1.82, 2.24) is 5.32 Å². The first kappa shape index (κ1) is 30.3. The summed E-state index contributed by atoms with van der Waals surface area (Å²) in [7, 11) is 3.49. The fourth-order valence-electron chi connectivity index (χ4n) is 6.50. The van der Waals surface area contributed by atoms with Crippen molar-refractivity contribution in [2.75, 3.05) is 24.4 Å². The molecule has 0 saturated heterocycles. The van der Waals surface area contributed by atoms with Crippen molar-refractivity contribution in [3.05, 3.63) is 167 Å². The second-order valence-corrected chi connectivity index (χ2v) is 13.2. The summed E-state index contributed by atoms with van der Waals surface area (Å²) in [5.74, 6) is 0.826. The summed E-state index contributed by atoms with van der Waals surface area (Å²) < 4.78 is 2.62. The van der Waals surface area contributed by atoms with Crippen LogP contribution in [0.3, 0.4) is 0 Å².